The maximum absolute atomic E-state index is 11.0. The molecule has 2 N–H and O–H groups in total. The van der Waals surface area contributed by atoms with Crippen molar-refractivity contribution in [1.29, 1.82) is 0 Å². The summed E-state index contributed by atoms with van der Waals surface area (Å²) in [5.41, 5.74) is 0.562. The largest absolute Gasteiger partial charge is 0.443 e. The highest BCUT2D eigenvalue weighted by molar-refractivity contribution is 5.79. The fraction of sp³-hybridized carbons (Fsp3) is 0.412. The molecule has 0 radical (unpaired) electrons. The number of guanidine groups is 1. The van der Waals surface area contributed by atoms with Gasteiger partial charge < -0.3 is 15.1 Å². The Balaban J connectivity index is 1.94. The number of nitro benzene ring substituents is 1. The third-order valence-corrected chi connectivity index (χ3v) is 3.56. The highest BCUT2D eigenvalue weighted by Crippen LogP contribution is 2.22. The average molecular weight is 345 g/mol. The molecule has 0 unspecified atom stereocenters. The summed E-state index contributed by atoms with van der Waals surface area (Å²) in [6.07, 6.45) is 1.72. The van der Waals surface area contributed by atoms with Crippen molar-refractivity contribution < 1.29 is 9.34 Å². The van der Waals surface area contributed by atoms with E-state index in [4.69, 9.17) is 4.42 Å². The number of hydrogen-bond acceptors (Lipinski definition) is 5. The van der Waals surface area contributed by atoms with Crippen LogP contribution in [0.1, 0.15) is 38.0 Å². The number of oxazole rings is 1. The van der Waals surface area contributed by atoms with E-state index >= 15 is 0 Å². The fourth-order valence-electron chi connectivity index (χ4n) is 2.14. The van der Waals surface area contributed by atoms with Crippen LogP contribution in [0.5, 0.6) is 0 Å². The molecule has 25 heavy (non-hydrogen) atoms. The summed E-state index contributed by atoms with van der Waals surface area (Å²) in [4.78, 5) is 19.0. The molecular formula is C17H23N5O3. The van der Waals surface area contributed by atoms with Gasteiger partial charge >= 0.3 is 0 Å². The van der Waals surface area contributed by atoms with Crippen LogP contribution in [0.25, 0.3) is 0 Å². The summed E-state index contributed by atoms with van der Waals surface area (Å²) < 4.78 is 5.71. The Hall–Kier alpha value is -2.90. The van der Waals surface area contributed by atoms with Gasteiger partial charge in [-0.05, 0) is 0 Å². The number of nitrogens with one attached hydrogen (secondary N) is 2. The monoisotopic (exact) mass is 345 g/mol. The Morgan fingerprint density at radius 3 is 2.56 bits per heavy atom. The average Bonchev–Trinajstić information content (AvgIpc) is 3.04. The van der Waals surface area contributed by atoms with Gasteiger partial charge in [0.05, 0.1) is 17.7 Å². The Morgan fingerprint density at radius 2 is 1.96 bits per heavy atom. The number of rotatable bonds is 5. The van der Waals surface area contributed by atoms with Gasteiger partial charge in [-0.3, -0.25) is 15.1 Å². The smallest absolute Gasteiger partial charge is 0.274 e. The van der Waals surface area contributed by atoms with Crippen molar-refractivity contribution in [3.05, 3.63) is 57.8 Å². The predicted octanol–water partition coefficient (Wildman–Crippen LogP) is 2.75. The zero-order chi connectivity index (χ0) is 18.4. The minimum atomic E-state index is -0.395. The molecule has 1 heterocycles. The zero-order valence-electron chi connectivity index (χ0n) is 14.9. The second-order valence-corrected chi connectivity index (χ2v) is 6.53. The van der Waals surface area contributed by atoms with Gasteiger partial charge in [-0.2, -0.15) is 0 Å². The molecule has 8 nitrogen and oxygen atoms in total. The van der Waals surface area contributed by atoms with Crippen LogP contribution in [0, 0.1) is 10.1 Å². The fourth-order valence-corrected chi connectivity index (χ4v) is 2.14. The van der Waals surface area contributed by atoms with Crippen LogP contribution < -0.4 is 10.6 Å². The van der Waals surface area contributed by atoms with Crippen molar-refractivity contribution in [1.82, 2.24) is 15.6 Å². The first-order chi connectivity index (χ1) is 11.8. The van der Waals surface area contributed by atoms with Crippen LogP contribution in [-0.2, 0) is 18.5 Å². The first-order valence-corrected chi connectivity index (χ1v) is 7.93. The number of aromatic nitrogens is 1. The van der Waals surface area contributed by atoms with Gasteiger partial charge in [-0.25, -0.2) is 4.98 Å². The molecule has 0 saturated heterocycles. The number of aliphatic imine (C=N–C) groups is 1. The molecule has 134 valence electrons. The summed E-state index contributed by atoms with van der Waals surface area (Å²) in [6.45, 7) is 6.82. The van der Waals surface area contributed by atoms with E-state index in [1.54, 1.807) is 31.4 Å². The third kappa shape index (κ3) is 5.03. The van der Waals surface area contributed by atoms with Crippen molar-refractivity contribution >= 4 is 11.6 Å². The van der Waals surface area contributed by atoms with E-state index in [2.05, 4.69) is 41.4 Å². The molecule has 0 aliphatic rings. The Kier molecular flexibility index (Phi) is 5.74. The molecule has 0 atom stereocenters. The van der Waals surface area contributed by atoms with Crippen molar-refractivity contribution in [2.75, 3.05) is 7.05 Å². The predicted molar refractivity (Wildman–Crippen MR) is 95.3 cm³/mol. The van der Waals surface area contributed by atoms with Gasteiger partial charge in [0.1, 0.15) is 5.76 Å². The highest BCUT2D eigenvalue weighted by Gasteiger charge is 2.19. The summed E-state index contributed by atoms with van der Waals surface area (Å²) in [5.74, 6) is 1.87. The molecular weight excluding hydrogens is 322 g/mol. The van der Waals surface area contributed by atoms with Crippen LogP contribution >= 0.6 is 0 Å². The standard InChI is InChI=1S/C17H23N5O3/c1-17(2,3)14-10-19-15(25-14)11-21-16(18-4)20-9-12-7-5-6-8-13(12)22(23)24/h5-8,10H,9,11H2,1-4H3,(H2,18,20,21). The van der Waals surface area contributed by atoms with E-state index in [0.717, 1.165) is 5.76 Å². The van der Waals surface area contributed by atoms with Crippen molar-refractivity contribution in [3.8, 4) is 0 Å². The first kappa shape index (κ1) is 18.4. The quantitative estimate of drug-likeness (QED) is 0.373. The molecule has 8 heteroatoms. The van der Waals surface area contributed by atoms with Gasteiger partial charge in [0.2, 0.25) is 5.89 Å². The van der Waals surface area contributed by atoms with E-state index < -0.39 is 4.92 Å². The zero-order valence-corrected chi connectivity index (χ0v) is 14.9. The summed E-state index contributed by atoms with van der Waals surface area (Å²) in [5, 5.41) is 17.2. The normalized spacial score (nSPS) is 12.1. The lowest BCUT2D eigenvalue weighted by Gasteiger charge is -2.13. The Bertz CT molecular complexity index is 762. The number of hydrogen-bond donors (Lipinski definition) is 2. The summed E-state index contributed by atoms with van der Waals surface area (Å²) >= 11 is 0. The number of para-hydroxylation sites is 1. The third-order valence-electron chi connectivity index (χ3n) is 3.56. The lowest BCUT2D eigenvalue weighted by molar-refractivity contribution is -0.385. The van der Waals surface area contributed by atoms with Gasteiger partial charge in [-0.15, -0.1) is 0 Å². The van der Waals surface area contributed by atoms with Crippen LogP contribution in [0.15, 0.2) is 39.9 Å². The molecule has 0 aliphatic heterocycles. The SMILES string of the molecule is CN=C(NCc1ncc(C(C)(C)C)o1)NCc1ccccc1[N+](=O)[O-]. The molecule has 0 spiro atoms. The topological polar surface area (TPSA) is 106 Å². The number of nitro groups is 1. The Labute approximate surface area is 146 Å². The summed E-state index contributed by atoms with van der Waals surface area (Å²) in [6, 6.07) is 6.60. The first-order valence-electron chi connectivity index (χ1n) is 7.93. The molecule has 0 bridgehead atoms. The molecule has 0 amide bonds. The van der Waals surface area contributed by atoms with E-state index in [1.165, 1.54) is 6.07 Å². The van der Waals surface area contributed by atoms with Crippen LogP contribution in [0.4, 0.5) is 5.69 Å². The van der Waals surface area contributed by atoms with Gasteiger partial charge in [0, 0.05) is 30.6 Å². The van der Waals surface area contributed by atoms with Crippen LogP contribution in [-0.4, -0.2) is 22.9 Å². The molecule has 0 aliphatic carbocycles. The summed E-state index contributed by atoms with van der Waals surface area (Å²) in [7, 11) is 1.63. The number of benzene rings is 1. The molecule has 0 saturated carbocycles. The second-order valence-electron chi connectivity index (χ2n) is 6.53. The van der Waals surface area contributed by atoms with E-state index in [0.29, 0.717) is 24.0 Å². The van der Waals surface area contributed by atoms with E-state index in [9.17, 15) is 10.1 Å². The lowest BCUT2D eigenvalue weighted by atomic mass is 9.94. The molecule has 0 fully saturated rings. The van der Waals surface area contributed by atoms with E-state index in [1.807, 2.05) is 0 Å². The molecule has 1 aromatic heterocycles. The minimum absolute atomic E-state index is 0.0768. The van der Waals surface area contributed by atoms with Gasteiger partial charge in [0.15, 0.2) is 5.96 Å². The van der Waals surface area contributed by atoms with Crippen LogP contribution in [0.3, 0.4) is 0 Å². The molecule has 2 rings (SSSR count). The minimum Gasteiger partial charge on any atom is -0.443 e. The van der Waals surface area contributed by atoms with Gasteiger partial charge in [-0.1, -0.05) is 39.0 Å². The lowest BCUT2D eigenvalue weighted by Crippen LogP contribution is -2.36. The van der Waals surface area contributed by atoms with Crippen molar-refractivity contribution in [3.63, 3.8) is 0 Å². The molecule has 2 aromatic rings. The highest BCUT2D eigenvalue weighted by atomic mass is 16.6. The second kappa shape index (κ2) is 7.78. The van der Waals surface area contributed by atoms with Gasteiger partial charge in [0.25, 0.3) is 5.69 Å². The van der Waals surface area contributed by atoms with Crippen LogP contribution in [0.2, 0.25) is 0 Å². The number of nitrogens with zero attached hydrogens (tertiary/aromatic N) is 3. The molecule has 1 aromatic carbocycles. The Morgan fingerprint density at radius 1 is 1.28 bits per heavy atom. The maximum atomic E-state index is 11.0. The van der Waals surface area contributed by atoms with E-state index in [-0.39, 0.29) is 17.6 Å². The maximum Gasteiger partial charge on any atom is 0.274 e. The van der Waals surface area contributed by atoms with Crippen molar-refractivity contribution in [2.45, 2.75) is 39.3 Å². The van der Waals surface area contributed by atoms with Crippen molar-refractivity contribution in [2.24, 2.45) is 4.99 Å².